The average Bonchev–Trinajstić information content (AvgIpc) is 3.45. The molecule has 2 heteroatoms. The summed E-state index contributed by atoms with van der Waals surface area (Å²) in [6.45, 7) is 0. The van der Waals surface area contributed by atoms with Crippen molar-refractivity contribution in [3.63, 3.8) is 0 Å². The van der Waals surface area contributed by atoms with Crippen LogP contribution in [0.1, 0.15) is 5.56 Å². The molecule has 0 radical (unpaired) electrons. The van der Waals surface area contributed by atoms with Crippen LogP contribution in [0.2, 0.25) is 0 Å². The minimum Gasteiger partial charge on any atom is -0.309 e. The van der Waals surface area contributed by atoms with Crippen molar-refractivity contribution in [3.05, 3.63) is 163 Å². The topological polar surface area (TPSA) is 28.7 Å². The summed E-state index contributed by atoms with van der Waals surface area (Å²) < 4.78 is 2.39. The molecule has 1 heterocycles. The van der Waals surface area contributed by atoms with E-state index in [0.717, 1.165) is 16.5 Å². The second-order valence-corrected chi connectivity index (χ2v) is 11.7. The summed E-state index contributed by atoms with van der Waals surface area (Å²) in [5.41, 5.74) is 9.02. The first kappa shape index (κ1) is 25.3. The summed E-state index contributed by atoms with van der Waals surface area (Å²) >= 11 is 0. The normalized spacial score (nSPS) is 11.5. The van der Waals surface area contributed by atoms with Gasteiger partial charge < -0.3 is 4.57 Å². The first-order valence-electron chi connectivity index (χ1n) is 15.2. The fourth-order valence-corrected chi connectivity index (χ4v) is 7.09. The summed E-state index contributed by atoms with van der Waals surface area (Å²) in [5.74, 6) is 0. The largest absolute Gasteiger partial charge is 0.309 e. The number of fused-ring (bicyclic) bond motifs is 8. The lowest BCUT2D eigenvalue weighted by molar-refractivity contribution is 1.19. The zero-order chi connectivity index (χ0) is 29.9. The Morgan fingerprint density at radius 3 is 1.84 bits per heavy atom. The molecule has 0 aliphatic carbocycles. The van der Waals surface area contributed by atoms with E-state index in [0.29, 0.717) is 5.56 Å². The first-order chi connectivity index (χ1) is 22.3. The van der Waals surface area contributed by atoms with Crippen LogP contribution in [0, 0.1) is 11.3 Å². The van der Waals surface area contributed by atoms with Gasteiger partial charge in [-0.2, -0.15) is 5.26 Å². The Balaban J connectivity index is 1.30. The average molecular weight is 571 g/mol. The Morgan fingerprint density at radius 2 is 1.04 bits per heavy atom. The predicted octanol–water partition coefficient (Wildman–Crippen LogP) is 11.4. The minimum atomic E-state index is 0.676. The lowest BCUT2D eigenvalue weighted by Crippen LogP contribution is -1.94. The van der Waals surface area contributed by atoms with Gasteiger partial charge in [0.15, 0.2) is 0 Å². The van der Waals surface area contributed by atoms with Crippen molar-refractivity contribution in [2.24, 2.45) is 0 Å². The van der Waals surface area contributed by atoms with Gasteiger partial charge in [-0.05, 0) is 97.0 Å². The van der Waals surface area contributed by atoms with Crippen LogP contribution in [-0.2, 0) is 0 Å². The molecule has 0 saturated heterocycles. The van der Waals surface area contributed by atoms with Gasteiger partial charge in [0.05, 0.1) is 22.7 Å². The molecule has 0 saturated carbocycles. The van der Waals surface area contributed by atoms with Crippen molar-refractivity contribution in [2.45, 2.75) is 0 Å². The molecular formula is C43H26N2. The van der Waals surface area contributed by atoms with E-state index in [-0.39, 0.29) is 0 Å². The highest BCUT2D eigenvalue weighted by Gasteiger charge is 2.16. The third kappa shape index (κ3) is 3.95. The molecule has 9 aromatic rings. The van der Waals surface area contributed by atoms with Crippen molar-refractivity contribution in [2.75, 3.05) is 0 Å². The maximum atomic E-state index is 9.66. The Morgan fingerprint density at radius 1 is 0.422 bits per heavy atom. The van der Waals surface area contributed by atoms with Crippen LogP contribution < -0.4 is 0 Å². The van der Waals surface area contributed by atoms with E-state index < -0.39 is 0 Å². The van der Waals surface area contributed by atoms with Crippen LogP contribution in [-0.4, -0.2) is 4.57 Å². The first-order valence-corrected chi connectivity index (χ1v) is 15.2. The summed E-state index contributed by atoms with van der Waals surface area (Å²) in [7, 11) is 0. The number of aromatic nitrogens is 1. The van der Waals surface area contributed by atoms with Crippen molar-refractivity contribution < 1.29 is 0 Å². The number of hydrogen-bond donors (Lipinski definition) is 0. The quantitative estimate of drug-likeness (QED) is 0.194. The van der Waals surface area contributed by atoms with Crippen molar-refractivity contribution in [1.82, 2.24) is 4.57 Å². The van der Waals surface area contributed by atoms with E-state index in [1.54, 1.807) is 0 Å². The van der Waals surface area contributed by atoms with Gasteiger partial charge >= 0.3 is 0 Å². The van der Waals surface area contributed by atoms with Gasteiger partial charge in [-0.25, -0.2) is 0 Å². The van der Waals surface area contributed by atoms with Crippen LogP contribution in [0.4, 0.5) is 0 Å². The van der Waals surface area contributed by atoms with E-state index in [1.165, 1.54) is 65.6 Å². The summed E-state index contributed by atoms with van der Waals surface area (Å²) in [6.07, 6.45) is 0. The molecular weight excluding hydrogens is 544 g/mol. The minimum absolute atomic E-state index is 0.676. The lowest BCUT2D eigenvalue weighted by Gasteiger charge is -2.13. The molecule has 208 valence electrons. The molecule has 0 spiro atoms. The highest BCUT2D eigenvalue weighted by atomic mass is 15.0. The maximum absolute atomic E-state index is 9.66. The molecule has 0 N–H and O–H groups in total. The molecule has 2 nitrogen and oxygen atoms in total. The van der Waals surface area contributed by atoms with Crippen LogP contribution in [0.5, 0.6) is 0 Å². The molecule has 0 atom stereocenters. The maximum Gasteiger partial charge on any atom is 0.0991 e. The molecule has 0 unspecified atom stereocenters. The highest BCUT2D eigenvalue weighted by molar-refractivity contribution is 6.21. The molecule has 8 aromatic carbocycles. The van der Waals surface area contributed by atoms with Gasteiger partial charge in [-0.3, -0.25) is 0 Å². The third-order valence-corrected chi connectivity index (χ3v) is 9.19. The van der Waals surface area contributed by atoms with E-state index in [2.05, 4.69) is 156 Å². The second kappa shape index (κ2) is 9.95. The number of hydrogen-bond acceptors (Lipinski definition) is 1. The number of nitrogens with zero attached hydrogens (tertiary/aromatic N) is 2. The van der Waals surface area contributed by atoms with Gasteiger partial charge in [0.2, 0.25) is 0 Å². The smallest absolute Gasteiger partial charge is 0.0991 e. The lowest BCUT2D eigenvalue weighted by atomic mass is 9.94. The fraction of sp³-hybridized carbons (Fsp3) is 0. The van der Waals surface area contributed by atoms with Gasteiger partial charge in [0.25, 0.3) is 0 Å². The molecule has 0 bridgehead atoms. The van der Waals surface area contributed by atoms with Gasteiger partial charge in [-0.1, -0.05) is 115 Å². The molecule has 0 amide bonds. The molecule has 9 rings (SSSR count). The van der Waals surface area contributed by atoms with Crippen LogP contribution in [0.25, 0.3) is 82.1 Å². The zero-order valence-electron chi connectivity index (χ0n) is 24.4. The summed E-state index contributed by atoms with van der Waals surface area (Å²) in [4.78, 5) is 0. The fourth-order valence-electron chi connectivity index (χ4n) is 7.09. The Labute approximate surface area is 260 Å². The molecule has 0 aliphatic heterocycles. The summed E-state index contributed by atoms with van der Waals surface area (Å²) in [5, 5.41) is 19.1. The van der Waals surface area contributed by atoms with Gasteiger partial charge in [-0.15, -0.1) is 0 Å². The number of rotatable bonds is 3. The number of nitriles is 1. The van der Waals surface area contributed by atoms with Gasteiger partial charge in [0, 0.05) is 16.5 Å². The SMILES string of the molecule is N#Cc1ccc2ccc3ccc4ccc(-n5c6ccccc6c6cc(-c7ccccc7-c7ccccc7)ccc65)cc4c3c2c1. The highest BCUT2D eigenvalue weighted by Crippen LogP contribution is 2.39. The number of benzene rings is 8. The predicted molar refractivity (Wildman–Crippen MR) is 189 cm³/mol. The monoisotopic (exact) mass is 570 g/mol. The zero-order valence-corrected chi connectivity index (χ0v) is 24.4. The summed E-state index contributed by atoms with van der Waals surface area (Å²) in [6, 6.07) is 58.7. The van der Waals surface area contributed by atoms with Crippen molar-refractivity contribution >= 4 is 54.1 Å². The van der Waals surface area contributed by atoms with E-state index in [1.807, 2.05) is 12.1 Å². The molecule has 1 aromatic heterocycles. The van der Waals surface area contributed by atoms with E-state index in [9.17, 15) is 5.26 Å². The van der Waals surface area contributed by atoms with Gasteiger partial charge in [0.1, 0.15) is 0 Å². The van der Waals surface area contributed by atoms with Crippen LogP contribution in [0.3, 0.4) is 0 Å². The van der Waals surface area contributed by atoms with Crippen molar-refractivity contribution in [3.8, 4) is 34.0 Å². The second-order valence-electron chi connectivity index (χ2n) is 11.7. The van der Waals surface area contributed by atoms with E-state index >= 15 is 0 Å². The number of para-hydroxylation sites is 1. The molecule has 0 fully saturated rings. The Hall–Kier alpha value is -6.17. The van der Waals surface area contributed by atoms with Crippen LogP contribution >= 0.6 is 0 Å². The Bertz CT molecular complexity index is 2650. The third-order valence-electron chi connectivity index (χ3n) is 9.19. The Kier molecular flexibility index (Phi) is 5.60. The van der Waals surface area contributed by atoms with Crippen molar-refractivity contribution in [1.29, 1.82) is 5.26 Å². The molecule has 0 aliphatic rings. The standard InChI is InChI=1S/C43H26N2/c44-27-28-14-15-30-16-18-32-19-17-31-20-22-34(26-39(31)43(32)38(30)24-28)45-41-13-7-6-12-37(41)40-25-33(21-23-42(40)45)36-11-5-4-10-35(36)29-8-2-1-3-9-29/h1-26H. The van der Waals surface area contributed by atoms with E-state index in [4.69, 9.17) is 0 Å². The molecule has 45 heavy (non-hydrogen) atoms. The van der Waals surface area contributed by atoms with Crippen LogP contribution in [0.15, 0.2) is 158 Å².